The highest BCUT2D eigenvalue weighted by Gasteiger charge is 2.33. The molecule has 5 heteroatoms. The normalized spacial score (nSPS) is 16.5. The van der Waals surface area contributed by atoms with Gasteiger partial charge in [-0.3, -0.25) is 0 Å². The fourth-order valence-corrected chi connectivity index (χ4v) is 1.23. The second-order valence-electron chi connectivity index (χ2n) is 3.64. The predicted octanol–water partition coefficient (Wildman–Crippen LogP) is 2.95. The van der Waals surface area contributed by atoms with Crippen LogP contribution in [-0.4, -0.2) is 11.1 Å². The maximum atomic E-state index is 12.4. The second-order valence-corrected chi connectivity index (χ2v) is 3.64. The Labute approximate surface area is 85.1 Å². The van der Waals surface area contributed by atoms with Crippen molar-refractivity contribution in [2.45, 2.75) is 32.0 Å². The first-order chi connectivity index (χ1) is 6.95. The number of halogens is 3. The van der Waals surface area contributed by atoms with Crippen LogP contribution in [0.25, 0.3) is 0 Å². The lowest BCUT2D eigenvalue weighted by molar-refractivity contribution is -0.141. The van der Waals surface area contributed by atoms with Gasteiger partial charge in [-0.1, -0.05) is 0 Å². The Balaban J connectivity index is 2.27. The van der Waals surface area contributed by atoms with E-state index in [-0.39, 0.29) is 11.9 Å². The molecule has 2 rings (SSSR count). The zero-order valence-electron chi connectivity index (χ0n) is 8.14. The average Bonchev–Trinajstić information content (AvgIpc) is 2.85. The maximum absolute atomic E-state index is 12.4. The predicted molar refractivity (Wildman–Crippen MR) is 47.6 cm³/mol. The summed E-state index contributed by atoms with van der Waals surface area (Å²) in [5.41, 5.74) is -0.571. The minimum absolute atomic E-state index is 0.0906. The van der Waals surface area contributed by atoms with Crippen LogP contribution in [-0.2, 0) is 6.18 Å². The molecule has 0 aliphatic heterocycles. The SMILES string of the molecule is Cc1cc(OC2CC2)cc(C(F)(F)F)n1. The summed E-state index contributed by atoms with van der Waals surface area (Å²) in [5.74, 6) is 0.261. The van der Waals surface area contributed by atoms with E-state index in [4.69, 9.17) is 4.74 Å². The zero-order valence-corrected chi connectivity index (χ0v) is 8.14. The van der Waals surface area contributed by atoms with Crippen LogP contribution in [0, 0.1) is 6.92 Å². The topological polar surface area (TPSA) is 22.1 Å². The summed E-state index contributed by atoms with van der Waals surface area (Å²) in [7, 11) is 0. The Morgan fingerprint density at radius 3 is 2.53 bits per heavy atom. The number of ether oxygens (including phenoxy) is 1. The molecule has 1 aliphatic carbocycles. The summed E-state index contributed by atoms with van der Waals surface area (Å²) < 4.78 is 42.5. The Hall–Kier alpha value is -1.26. The van der Waals surface area contributed by atoms with Crippen LogP contribution in [0.3, 0.4) is 0 Å². The molecule has 15 heavy (non-hydrogen) atoms. The third-order valence-corrected chi connectivity index (χ3v) is 2.04. The largest absolute Gasteiger partial charge is 0.490 e. The number of nitrogens with zero attached hydrogens (tertiary/aromatic N) is 1. The van der Waals surface area contributed by atoms with Gasteiger partial charge < -0.3 is 4.74 Å². The van der Waals surface area contributed by atoms with Gasteiger partial charge in [0.2, 0.25) is 0 Å². The summed E-state index contributed by atoms with van der Waals surface area (Å²) in [4.78, 5) is 3.43. The molecule has 0 spiro atoms. The molecule has 0 bridgehead atoms. The van der Waals surface area contributed by atoms with E-state index in [9.17, 15) is 13.2 Å². The summed E-state index contributed by atoms with van der Waals surface area (Å²) in [6, 6.07) is 2.47. The van der Waals surface area contributed by atoms with Gasteiger partial charge in [-0.25, -0.2) is 4.98 Å². The summed E-state index contributed by atoms with van der Waals surface area (Å²) in [6.45, 7) is 1.52. The van der Waals surface area contributed by atoms with E-state index in [1.807, 2.05) is 0 Å². The molecular weight excluding hydrogens is 207 g/mol. The fourth-order valence-electron chi connectivity index (χ4n) is 1.23. The minimum atomic E-state index is -4.41. The third kappa shape index (κ3) is 2.61. The Bertz CT molecular complexity index is 371. The molecule has 1 fully saturated rings. The van der Waals surface area contributed by atoms with E-state index in [2.05, 4.69) is 4.98 Å². The van der Waals surface area contributed by atoms with Gasteiger partial charge in [0, 0.05) is 17.8 Å². The Morgan fingerprint density at radius 2 is 2.00 bits per heavy atom. The average molecular weight is 217 g/mol. The highest BCUT2D eigenvalue weighted by Crippen LogP contribution is 2.32. The molecule has 1 aromatic heterocycles. The van der Waals surface area contributed by atoms with Crippen LogP contribution < -0.4 is 4.74 Å². The first-order valence-corrected chi connectivity index (χ1v) is 4.68. The van der Waals surface area contributed by atoms with Crippen molar-refractivity contribution in [3.05, 3.63) is 23.5 Å². The lowest BCUT2D eigenvalue weighted by atomic mass is 10.3. The van der Waals surface area contributed by atoms with Crippen LogP contribution in [0.5, 0.6) is 5.75 Å². The molecule has 0 radical (unpaired) electrons. The van der Waals surface area contributed by atoms with Gasteiger partial charge >= 0.3 is 6.18 Å². The first-order valence-electron chi connectivity index (χ1n) is 4.68. The molecular formula is C10H10F3NO. The van der Waals surface area contributed by atoms with Gasteiger partial charge in [-0.15, -0.1) is 0 Å². The van der Waals surface area contributed by atoms with E-state index in [1.165, 1.54) is 13.0 Å². The monoisotopic (exact) mass is 217 g/mol. The number of rotatable bonds is 2. The van der Waals surface area contributed by atoms with E-state index in [0.29, 0.717) is 5.69 Å². The summed E-state index contributed by atoms with van der Waals surface area (Å²) in [6.07, 6.45) is -2.48. The first kappa shape index (κ1) is 10.3. The van der Waals surface area contributed by atoms with Crippen molar-refractivity contribution in [3.63, 3.8) is 0 Å². The number of aryl methyl sites for hydroxylation is 1. The third-order valence-electron chi connectivity index (χ3n) is 2.04. The molecule has 1 aliphatic rings. The van der Waals surface area contributed by atoms with E-state index < -0.39 is 11.9 Å². The maximum Gasteiger partial charge on any atom is 0.433 e. The molecule has 1 aromatic rings. The zero-order chi connectivity index (χ0) is 11.1. The van der Waals surface area contributed by atoms with Crippen molar-refractivity contribution in [1.29, 1.82) is 0 Å². The Morgan fingerprint density at radius 1 is 1.33 bits per heavy atom. The van der Waals surface area contributed by atoms with Crippen molar-refractivity contribution >= 4 is 0 Å². The van der Waals surface area contributed by atoms with Crippen LogP contribution in [0.4, 0.5) is 13.2 Å². The molecule has 0 amide bonds. The van der Waals surface area contributed by atoms with Crippen molar-refractivity contribution in [3.8, 4) is 5.75 Å². The number of hydrogen-bond acceptors (Lipinski definition) is 2. The van der Waals surface area contributed by atoms with Gasteiger partial charge in [0.1, 0.15) is 11.4 Å². The number of hydrogen-bond donors (Lipinski definition) is 0. The molecule has 82 valence electrons. The molecule has 0 N–H and O–H groups in total. The van der Waals surface area contributed by atoms with Crippen molar-refractivity contribution in [2.24, 2.45) is 0 Å². The second kappa shape index (κ2) is 3.40. The fraction of sp³-hybridized carbons (Fsp3) is 0.500. The van der Waals surface area contributed by atoms with Gasteiger partial charge in [0.25, 0.3) is 0 Å². The molecule has 0 aromatic carbocycles. The van der Waals surface area contributed by atoms with Crippen LogP contribution in [0.15, 0.2) is 12.1 Å². The molecule has 1 heterocycles. The quantitative estimate of drug-likeness (QED) is 0.759. The van der Waals surface area contributed by atoms with E-state index >= 15 is 0 Å². The molecule has 0 saturated heterocycles. The highest BCUT2D eigenvalue weighted by atomic mass is 19.4. The van der Waals surface area contributed by atoms with Crippen LogP contribution in [0.2, 0.25) is 0 Å². The summed E-state index contributed by atoms with van der Waals surface area (Å²) >= 11 is 0. The van der Waals surface area contributed by atoms with Crippen molar-refractivity contribution < 1.29 is 17.9 Å². The Kier molecular flexibility index (Phi) is 2.32. The number of pyridine rings is 1. The van der Waals surface area contributed by atoms with Crippen LogP contribution >= 0.6 is 0 Å². The van der Waals surface area contributed by atoms with Gasteiger partial charge in [0.15, 0.2) is 0 Å². The summed E-state index contributed by atoms with van der Waals surface area (Å²) in [5, 5.41) is 0. The van der Waals surface area contributed by atoms with E-state index in [0.717, 1.165) is 18.9 Å². The number of aromatic nitrogens is 1. The highest BCUT2D eigenvalue weighted by molar-refractivity contribution is 5.28. The van der Waals surface area contributed by atoms with Crippen LogP contribution in [0.1, 0.15) is 24.2 Å². The molecule has 1 saturated carbocycles. The molecule has 0 atom stereocenters. The van der Waals surface area contributed by atoms with Gasteiger partial charge in [-0.05, 0) is 19.8 Å². The lowest BCUT2D eigenvalue weighted by Gasteiger charge is -2.10. The van der Waals surface area contributed by atoms with Crippen molar-refractivity contribution in [1.82, 2.24) is 4.98 Å². The molecule has 0 unspecified atom stereocenters. The standard InChI is InChI=1S/C10H10F3NO/c1-6-4-8(15-7-2-3-7)5-9(14-6)10(11,12)13/h4-5,7H,2-3H2,1H3. The van der Waals surface area contributed by atoms with E-state index in [1.54, 1.807) is 0 Å². The van der Waals surface area contributed by atoms with Gasteiger partial charge in [0.05, 0.1) is 6.10 Å². The molecule has 2 nitrogen and oxygen atoms in total. The van der Waals surface area contributed by atoms with Gasteiger partial charge in [-0.2, -0.15) is 13.2 Å². The minimum Gasteiger partial charge on any atom is -0.490 e. The smallest absolute Gasteiger partial charge is 0.433 e. The van der Waals surface area contributed by atoms with Crippen molar-refractivity contribution in [2.75, 3.05) is 0 Å². The number of alkyl halides is 3. The lowest BCUT2D eigenvalue weighted by Crippen LogP contribution is -2.09.